The summed E-state index contributed by atoms with van der Waals surface area (Å²) in [4.78, 5) is 11.7. The van der Waals surface area contributed by atoms with Crippen molar-refractivity contribution < 1.29 is 23.1 Å². The molecule has 7 heteroatoms. The number of nitrogens with one attached hydrogen (secondary N) is 2. The molecule has 2 aromatic rings. The van der Waals surface area contributed by atoms with Gasteiger partial charge in [0, 0.05) is 12.1 Å². The van der Waals surface area contributed by atoms with Gasteiger partial charge < -0.3 is 15.7 Å². The Labute approximate surface area is 137 Å². The largest absolute Gasteiger partial charge is 0.384 e. The highest BCUT2D eigenvalue weighted by atomic mass is 19.1. The average molecular weight is 338 g/mol. The molecule has 2 rings (SSSR count). The second-order valence-corrected chi connectivity index (χ2v) is 5.55. The van der Waals surface area contributed by atoms with Crippen LogP contribution >= 0.6 is 0 Å². The zero-order valence-corrected chi connectivity index (χ0v) is 12.9. The number of benzene rings is 2. The fourth-order valence-corrected chi connectivity index (χ4v) is 2.08. The molecule has 0 radical (unpaired) electrons. The molecule has 0 saturated carbocycles. The summed E-state index contributed by atoms with van der Waals surface area (Å²) in [5, 5.41) is 15.1. The number of aliphatic hydroxyl groups is 1. The van der Waals surface area contributed by atoms with Crippen LogP contribution in [0.5, 0.6) is 0 Å². The minimum absolute atomic E-state index is 0.00967. The van der Waals surface area contributed by atoms with Gasteiger partial charge in [0.2, 0.25) is 0 Å². The Morgan fingerprint density at radius 3 is 2.33 bits per heavy atom. The van der Waals surface area contributed by atoms with Crippen LogP contribution < -0.4 is 10.6 Å². The Bertz CT molecular complexity index is 718. The van der Waals surface area contributed by atoms with Crippen molar-refractivity contribution in [1.29, 1.82) is 0 Å². The van der Waals surface area contributed by atoms with Gasteiger partial charge in [-0.15, -0.1) is 0 Å². The molecule has 0 aliphatic heterocycles. The highest BCUT2D eigenvalue weighted by Gasteiger charge is 2.23. The van der Waals surface area contributed by atoms with Crippen molar-refractivity contribution in [3.05, 3.63) is 71.0 Å². The molecule has 2 aromatic carbocycles. The zero-order chi connectivity index (χ0) is 17.7. The van der Waals surface area contributed by atoms with Gasteiger partial charge in [0.25, 0.3) is 0 Å². The molecule has 1 unspecified atom stereocenters. The van der Waals surface area contributed by atoms with Gasteiger partial charge in [-0.05, 0) is 42.8 Å². The molecule has 0 bridgehead atoms. The van der Waals surface area contributed by atoms with Crippen molar-refractivity contribution in [2.24, 2.45) is 0 Å². The van der Waals surface area contributed by atoms with Crippen LogP contribution in [0.15, 0.2) is 42.5 Å². The van der Waals surface area contributed by atoms with Crippen molar-refractivity contribution in [2.75, 3.05) is 6.54 Å². The summed E-state index contributed by atoms with van der Waals surface area (Å²) in [6.07, 6.45) is 0. The topological polar surface area (TPSA) is 61.4 Å². The van der Waals surface area contributed by atoms with E-state index in [9.17, 15) is 23.1 Å². The van der Waals surface area contributed by atoms with E-state index in [0.717, 1.165) is 18.2 Å². The standard InChI is InChI=1S/C17H17F3N2O2/c1-17(24,12-2-4-13(18)5-3-12)10-22-16(23)21-9-11-8-14(19)6-7-15(11)20/h2-8,24H,9-10H2,1H3,(H2,21,22,23). The Hall–Kier alpha value is -2.54. The van der Waals surface area contributed by atoms with Crippen molar-refractivity contribution >= 4 is 6.03 Å². The van der Waals surface area contributed by atoms with E-state index in [1.807, 2.05) is 0 Å². The predicted octanol–water partition coefficient (Wildman–Crippen LogP) is 2.81. The third kappa shape index (κ3) is 4.73. The Morgan fingerprint density at radius 1 is 1.04 bits per heavy atom. The van der Waals surface area contributed by atoms with Crippen LogP contribution in [0.1, 0.15) is 18.1 Å². The Kier molecular flexibility index (Phi) is 5.46. The van der Waals surface area contributed by atoms with Gasteiger partial charge in [0.1, 0.15) is 23.1 Å². The third-order valence-corrected chi connectivity index (χ3v) is 3.51. The van der Waals surface area contributed by atoms with E-state index >= 15 is 0 Å². The summed E-state index contributed by atoms with van der Waals surface area (Å²) in [5.74, 6) is -1.67. The van der Waals surface area contributed by atoms with Crippen molar-refractivity contribution in [3.8, 4) is 0 Å². The molecule has 24 heavy (non-hydrogen) atoms. The first-order valence-electron chi connectivity index (χ1n) is 7.22. The van der Waals surface area contributed by atoms with Gasteiger partial charge in [-0.3, -0.25) is 0 Å². The van der Waals surface area contributed by atoms with Gasteiger partial charge in [-0.2, -0.15) is 0 Å². The molecule has 128 valence electrons. The monoisotopic (exact) mass is 338 g/mol. The second kappa shape index (κ2) is 7.35. The lowest BCUT2D eigenvalue weighted by Crippen LogP contribution is -2.43. The van der Waals surface area contributed by atoms with Crippen molar-refractivity contribution in [3.63, 3.8) is 0 Å². The predicted molar refractivity (Wildman–Crippen MR) is 82.6 cm³/mol. The van der Waals surface area contributed by atoms with Crippen LogP contribution in [-0.4, -0.2) is 17.7 Å². The van der Waals surface area contributed by atoms with Crippen LogP contribution in [0.4, 0.5) is 18.0 Å². The summed E-state index contributed by atoms with van der Waals surface area (Å²) < 4.78 is 39.4. The lowest BCUT2D eigenvalue weighted by atomic mass is 9.96. The van der Waals surface area contributed by atoms with Gasteiger partial charge >= 0.3 is 6.03 Å². The number of carbonyl (C=O) groups is 1. The number of amides is 2. The van der Waals surface area contributed by atoms with Gasteiger partial charge in [-0.25, -0.2) is 18.0 Å². The zero-order valence-electron chi connectivity index (χ0n) is 12.9. The second-order valence-electron chi connectivity index (χ2n) is 5.55. The molecule has 2 amide bonds. The Balaban J connectivity index is 1.88. The minimum atomic E-state index is -1.41. The van der Waals surface area contributed by atoms with E-state index in [-0.39, 0.29) is 18.7 Å². The number of urea groups is 1. The summed E-state index contributed by atoms with van der Waals surface area (Å²) in [5.41, 5.74) is -0.967. The molecular formula is C17H17F3N2O2. The van der Waals surface area contributed by atoms with Crippen LogP contribution in [0.2, 0.25) is 0 Å². The molecule has 3 N–H and O–H groups in total. The maximum Gasteiger partial charge on any atom is 0.315 e. The number of hydrogen-bond donors (Lipinski definition) is 3. The van der Waals surface area contributed by atoms with E-state index in [1.165, 1.54) is 31.2 Å². The molecular weight excluding hydrogens is 321 g/mol. The van der Waals surface area contributed by atoms with Gasteiger partial charge in [0.05, 0.1) is 6.54 Å². The molecule has 0 aromatic heterocycles. The summed E-state index contributed by atoms with van der Waals surface area (Å²) in [6.45, 7) is 1.12. The molecule has 0 spiro atoms. The van der Waals surface area contributed by atoms with E-state index in [4.69, 9.17) is 0 Å². The number of hydrogen-bond acceptors (Lipinski definition) is 2. The van der Waals surface area contributed by atoms with Crippen LogP contribution in [0.25, 0.3) is 0 Å². The fourth-order valence-electron chi connectivity index (χ4n) is 2.08. The third-order valence-electron chi connectivity index (χ3n) is 3.51. The first-order valence-corrected chi connectivity index (χ1v) is 7.22. The SMILES string of the molecule is CC(O)(CNC(=O)NCc1cc(F)ccc1F)c1ccc(F)cc1. The normalized spacial score (nSPS) is 13.2. The van der Waals surface area contributed by atoms with E-state index in [1.54, 1.807) is 0 Å². The molecule has 0 fully saturated rings. The quantitative estimate of drug-likeness (QED) is 0.785. The number of carbonyl (C=O) groups excluding carboxylic acids is 1. The van der Waals surface area contributed by atoms with E-state index < -0.39 is 29.1 Å². The highest BCUT2D eigenvalue weighted by molar-refractivity contribution is 5.73. The first kappa shape index (κ1) is 17.8. The average Bonchev–Trinajstić information content (AvgIpc) is 2.54. The van der Waals surface area contributed by atoms with E-state index in [0.29, 0.717) is 5.56 Å². The van der Waals surface area contributed by atoms with Crippen LogP contribution in [0.3, 0.4) is 0 Å². The van der Waals surface area contributed by atoms with Crippen molar-refractivity contribution in [2.45, 2.75) is 19.1 Å². The van der Waals surface area contributed by atoms with Gasteiger partial charge in [0.15, 0.2) is 0 Å². The number of rotatable bonds is 5. The smallest absolute Gasteiger partial charge is 0.315 e. The van der Waals surface area contributed by atoms with Crippen LogP contribution in [-0.2, 0) is 12.1 Å². The maximum atomic E-state index is 13.4. The summed E-state index contributed by atoms with van der Waals surface area (Å²) in [7, 11) is 0. The van der Waals surface area contributed by atoms with Crippen LogP contribution in [0, 0.1) is 17.5 Å². The first-order chi connectivity index (χ1) is 11.3. The molecule has 4 nitrogen and oxygen atoms in total. The summed E-state index contributed by atoms with van der Waals surface area (Å²) in [6, 6.07) is 7.54. The maximum absolute atomic E-state index is 13.4. The lowest BCUT2D eigenvalue weighted by Gasteiger charge is -2.24. The molecule has 0 saturated heterocycles. The molecule has 1 atom stereocenters. The van der Waals surface area contributed by atoms with Gasteiger partial charge in [-0.1, -0.05) is 12.1 Å². The highest BCUT2D eigenvalue weighted by Crippen LogP contribution is 2.19. The Morgan fingerprint density at radius 2 is 1.67 bits per heavy atom. The number of halogens is 3. The minimum Gasteiger partial charge on any atom is -0.384 e. The summed E-state index contributed by atoms with van der Waals surface area (Å²) >= 11 is 0. The van der Waals surface area contributed by atoms with E-state index in [2.05, 4.69) is 10.6 Å². The lowest BCUT2D eigenvalue weighted by molar-refractivity contribution is 0.0593. The van der Waals surface area contributed by atoms with Crippen molar-refractivity contribution in [1.82, 2.24) is 10.6 Å². The fraction of sp³-hybridized carbons (Fsp3) is 0.235. The molecule has 0 aliphatic carbocycles. The molecule has 0 aliphatic rings. The molecule has 0 heterocycles.